The Hall–Kier alpha value is -2.43. The van der Waals surface area contributed by atoms with Crippen molar-refractivity contribution < 1.29 is 14.7 Å². The van der Waals surface area contributed by atoms with Crippen molar-refractivity contribution in [3.05, 3.63) is 42.2 Å². The van der Waals surface area contributed by atoms with Gasteiger partial charge in [0.25, 0.3) is 5.91 Å². The molecule has 5 heteroatoms. The number of aromatic nitrogens is 1. The van der Waals surface area contributed by atoms with Gasteiger partial charge in [0.1, 0.15) is 6.04 Å². The van der Waals surface area contributed by atoms with Gasteiger partial charge in [-0.15, -0.1) is 0 Å². The molecule has 0 bridgehead atoms. The topological polar surface area (TPSA) is 70.5 Å². The van der Waals surface area contributed by atoms with Crippen LogP contribution in [0.15, 0.2) is 36.7 Å². The van der Waals surface area contributed by atoms with Crippen molar-refractivity contribution in [1.82, 2.24) is 9.88 Å². The van der Waals surface area contributed by atoms with E-state index < -0.39 is 12.0 Å². The Morgan fingerprint density at radius 3 is 2.59 bits per heavy atom. The molecule has 2 aromatic rings. The van der Waals surface area contributed by atoms with Gasteiger partial charge in [0, 0.05) is 30.4 Å². The van der Waals surface area contributed by atoms with E-state index in [2.05, 4.69) is 4.98 Å². The van der Waals surface area contributed by atoms with E-state index in [0.717, 1.165) is 10.8 Å². The summed E-state index contributed by atoms with van der Waals surface area (Å²) < 4.78 is 0. The van der Waals surface area contributed by atoms with Crippen molar-refractivity contribution in [3.63, 3.8) is 0 Å². The Bertz CT molecular complexity index is 697. The highest BCUT2D eigenvalue weighted by Crippen LogP contribution is 2.18. The molecule has 2 rings (SSSR count). The van der Waals surface area contributed by atoms with Crippen LogP contribution in [0.4, 0.5) is 0 Å². The van der Waals surface area contributed by atoms with E-state index in [1.165, 1.54) is 11.9 Å². The number of likely N-dealkylation sites (N-methyl/N-ethyl adjacent to an activating group) is 1. The number of hydrogen-bond acceptors (Lipinski definition) is 3. The SMILES string of the molecule is CC(C)C[C@@H](C(=O)O)N(C)C(=O)c1ccc2ccncc2c1. The number of carboxylic acids is 1. The zero-order valence-corrected chi connectivity index (χ0v) is 13.0. The Morgan fingerprint density at radius 1 is 1.23 bits per heavy atom. The third kappa shape index (κ3) is 3.42. The maximum Gasteiger partial charge on any atom is 0.326 e. The van der Waals surface area contributed by atoms with Crippen molar-refractivity contribution in [2.75, 3.05) is 7.05 Å². The average molecular weight is 300 g/mol. The van der Waals surface area contributed by atoms with Gasteiger partial charge in [-0.3, -0.25) is 9.78 Å². The molecule has 0 saturated carbocycles. The van der Waals surface area contributed by atoms with E-state index in [1.54, 1.807) is 24.5 Å². The molecule has 22 heavy (non-hydrogen) atoms. The third-order valence-corrected chi connectivity index (χ3v) is 3.66. The quantitative estimate of drug-likeness (QED) is 0.921. The molecule has 1 aromatic heterocycles. The number of fused-ring (bicyclic) bond motifs is 1. The molecule has 0 fully saturated rings. The molecule has 0 aliphatic heterocycles. The van der Waals surface area contributed by atoms with Crippen LogP contribution in [0, 0.1) is 5.92 Å². The molecule has 116 valence electrons. The minimum Gasteiger partial charge on any atom is -0.480 e. The first-order valence-electron chi connectivity index (χ1n) is 7.24. The minimum absolute atomic E-state index is 0.192. The van der Waals surface area contributed by atoms with Gasteiger partial charge in [-0.1, -0.05) is 19.9 Å². The normalized spacial score (nSPS) is 12.4. The van der Waals surface area contributed by atoms with E-state index >= 15 is 0 Å². The zero-order valence-electron chi connectivity index (χ0n) is 13.0. The van der Waals surface area contributed by atoms with Crippen LogP contribution in [0.25, 0.3) is 10.8 Å². The second-order valence-corrected chi connectivity index (χ2v) is 5.84. The summed E-state index contributed by atoms with van der Waals surface area (Å²) in [5.74, 6) is -1.08. The van der Waals surface area contributed by atoms with Crippen molar-refractivity contribution in [1.29, 1.82) is 0 Å². The first-order valence-corrected chi connectivity index (χ1v) is 7.24. The van der Waals surface area contributed by atoms with Crippen LogP contribution in [0.3, 0.4) is 0 Å². The lowest BCUT2D eigenvalue weighted by atomic mass is 10.0. The number of amides is 1. The number of carbonyl (C=O) groups is 2. The molecule has 1 heterocycles. The predicted molar refractivity (Wildman–Crippen MR) is 84.7 cm³/mol. The van der Waals surface area contributed by atoms with Crippen LogP contribution in [-0.2, 0) is 4.79 Å². The molecule has 0 radical (unpaired) electrons. The van der Waals surface area contributed by atoms with Crippen LogP contribution >= 0.6 is 0 Å². The molecule has 5 nitrogen and oxygen atoms in total. The Balaban J connectivity index is 2.29. The van der Waals surface area contributed by atoms with Crippen molar-refractivity contribution in [2.45, 2.75) is 26.3 Å². The fourth-order valence-corrected chi connectivity index (χ4v) is 2.43. The summed E-state index contributed by atoms with van der Waals surface area (Å²) >= 11 is 0. The summed E-state index contributed by atoms with van der Waals surface area (Å²) in [4.78, 5) is 29.3. The Morgan fingerprint density at radius 2 is 1.95 bits per heavy atom. The summed E-state index contributed by atoms with van der Waals surface area (Å²) in [6, 6.07) is 6.35. The molecule has 1 atom stereocenters. The van der Waals surface area contributed by atoms with Gasteiger partial charge in [-0.2, -0.15) is 0 Å². The van der Waals surface area contributed by atoms with E-state index in [9.17, 15) is 14.7 Å². The van der Waals surface area contributed by atoms with Crippen LogP contribution in [0.1, 0.15) is 30.6 Å². The maximum atomic E-state index is 12.6. The average Bonchev–Trinajstić information content (AvgIpc) is 2.50. The largest absolute Gasteiger partial charge is 0.480 e. The zero-order chi connectivity index (χ0) is 16.3. The second-order valence-electron chi connectivity index (χ2n) is 5.84. The van der Waals surface area contributed by atoms with Crippen molar-refractivity contribution >= 4 is 22.6 Å². The van der Waals surface area contributed by atoms with E-state index in [-0.39, 0.29) is 11.8 Å². The van der Waals surface area contributed by atoms with E-state index in [0.29, 0.717) is 12.0 Å². The molecule has 0 aliphatic rings. The molecule has 0 aliphatic carbocycles. The van der Waals surface area contributed by atoms with Crippen LogP contribution in [0.5, 0.6) is 0 Å². The molecule has 0 unspecified atom stereocenters. The van der Waals surface area contributed by atoms with E-state index in [4.69, 9.17) is 0 Å². The van der Waals surface area contributed by atoms with Gasteiger partial charge < -0.3 is 10.0 Å². The number of nitrogens with zero attached hydrogens (tertiary/aromatic N) is 2. The number of rotatable bonds is 5. The standard InChI is InChI=1S/C17H20N2O3/c1-11(2)8-15(17(21)22)19(3)16(20)13-5-4-12-6-7-18-10-14(12)9-13/h4-7,9-11,15H,8H2,1-3H3,(H,21,22)/t15-/m0/s1. The van der Waals surface area contributed by atoms with Gasteiger partial charge in [-0.25, -0.2) is 4.79 Å². The number of benzene rings is 1. The highest BCUT2D eigenvalue weighted by molar-refractivity contribution is 5.99. The summed E-state index contributed by atoms with van der Waals surface area (Å²) in [6.07, 6.45) is 3.81. The minimum atomic E-state index is -0.980. The predicted octanol–water partition coefficient (Wildman–Crippen LogP) is 2.81. The molecule has 1 N–H and O–H groups in total. The number of carbonyl (C=O) groups excluding carboxylic acids is 1. The molecule has 1 aromatic carbocycles. The van der Waals surface area contributed by atoms with Crippen LogP contribution in [0.2, 0.25) is 0 Å². The van der Waals surface area contributed by atoms with Gasteiger partial charge in [0.05, 0.1) is 0 Å². The summed E-state index contributed by atoms with van der Waals surface area (Å²) in [7, 11) is 1.54. The smallest absolute Gasteiger partial charge is 0.326 e. The maximum absolute atomic E-state index is 12.6. The van der Waals surface area contributed by atoms with E-state index in [1.807, 2.05) is 26.0 Å². The first-order chi connectivity index (χ1) is 10.4. The molecular weight excluding hydrogens is 280 g/mol. The fraction of sp³-hybridized carbons (Fsp3) is 0.353. The lowest BCUT2D eigenvalue weighted by molar-refractivity contribution is -0.142. The number of carboxylic acid groups (broad SMARTS) is 1. The third-order valence-electron chi connectivity index (χ3n) is 3.66. The second kappa shape index (κ2) is 6.56. The summed E-state index contributed by atoms with van der Waals surface area (Å²) in [5.41, 5.74) is 0.470. The Kier molecular flexibility index (Phi) is 4.75. The number of hydrogen-bond donors (Lipinski definition) is 1. The first kappa shape index (κ1) is 15.9. The van der Waals surface area contributed by atoms with Crippen LogP contribution < -0.4 is 0 Å². The number of pyridine rings is 1. The van der Waals surface area contributed by atoms with Crippen LogP contribution in [-0.4, -0.2) is 40.0 Å². The molecule has 1 amide bonds. The van der Waals surface area contributed by atoms with Crippen molar-refractivity contribution in [2.24, 2.45) is 5.92 Å². The number of aliphatic carboxylic acids is 1. The lowest BCUT2D eigenvalue weighted by Crippen LogP contribution is -2.43. The fourth-order valence-electron chi connectivity index (χ4n) is 2.43. The van der Waals surface area contributed by atoms with Gasteiger partial charge in [0.15, 0.2) is 0 Å². The van der Waals surface area contributed by atoms with Gasteiger partial charge >= 0.3 is 5.97 Å². The monoisotopic (exact) mass is 300 g/mol. The summed E-state index contributed by atoms with van der Waals surface area (Å²) in [5, 5.41) is 11.2. The highest BCUT2D eigenvalue weighted by Gasteiger charge is 2.27. The van der Waals surface area contributed by atoms with Gasteiger partial charge in [-0.05, 0) is 35.9 Å². The molecule has 0 saturated heterocycles. The lowest BCUT2D eigenvalue weighted by Gasteiger charge is -2.26. The van der Waals surface area contributed by atoms with Gasteiger partial charge in [0.2, 0.25) is 0 Å². The Labute approximate surface area is 129 Å². The molecular formula is C17H20N2O3. The van der Waals surface area contributed by atoms with Crippen molar-refractivity contribution in [3.8, 4) is 0 Å². The summed E-state index contributed by atoms with van der Waals surface area (Å²) in [6.45, 7) is 3.88. The molecule has 0 spiro atoms. The highest BCUT2D eigenvalue weighted by atomic mass is 16.4.